The predicted octanol–water partition coefficient (Wildman–Crippen LogP) is 2.22. The summed E-state index contributed by atoms with van der Waals surface area (Å²) >= 11 is 0. The summed E-state index contributed by atoms with van der Waals surface area (Å²) in [6, 6.07) is 6.34. The molecule has 0 aliphatic rings. The van der Waals surface area contributed by atoms with E-state index >= 15 is 0 Å². The molecule has 2 aromatic rings. The van der Waals surface area contributed by atoms with E-state index in [1.54, 1.807) is 31.3 Å². The van der Waals surface area contributed by atoms with Crippen LogP contribution in [-0.4, -0.2) is 16.6 Å². The molecular weight excluding hydrogens is 247 g/mol. The van der Waals surface area contributed by atoms with Gasteiger partial charge in [-0.3, -0.25) is 0 Å². The molecule has 0 unspecified atom stereocenters. The third-order valence-corrected chi connectivity index (χ3v) is 2.39. The van der Waals surface area contributed by atoms with Crippen LogP contribution >= 0.6 is 0 Å². The first kappa shape index (κ1) is 13.2. The van der Waals surface area contributed by atoms with Crippen LogP contribution in [0.3, 0.4) is 0 Å². The van der Waals surface area contributed by atoms with Gasteiger partial charge < -0.3 is 15.8 Å². The molecule has 0 aliphatic carbocycles. The molecule has 1 aromatic carbocycles. The minimum Gasteiger partial charge on any atom is -0.491 e. The quantitative estimate of drug-likeness (QED) is 0.864. The highest BCUT2D eigenvalue weighted by Gasteiger charge is 2.05. The molecule has 0 saturated heterocycles. The third kappa shape index (κ3) is 3.38. The molecule has 0 fully saturated rings. The van der Waals surface area contributed by atoms with Crippen molar-refractivity contribution < 1.29 is 9.13 Å². The van der Waals surface area contributed by atoms with Crippen LogP contribution in [0.4, 0.5) is 15.9 Å². The average molecular weight is 262 g/mol. The lowest BCUT2D eigenvalue weighted by Crippen LogP contribution is -2.04. The van der Waals surface area contributed by atoms with Crippen molar-refractivity contribution in [1.29, 1.82) is 0 Å². The maximum absolute atomic E-state index is 13.7. The van der Waals surface area contributed by atoms with Crippen molar-refractivity contribution in [1.82, 2.24) is 9.97 Å². The van der Waals surface area contributed by atoms with Crippen LogP contribution in [0.1, 0.15) is 12.7 Å². The summed E-state index contributed by atoms with van der Waals surface area (Å²) in [5.41, 5.74) is 6.05. The van der Waals surface area contributed by atoms with Crippen LogP contribution in [0.15, 0.2) is 30.5 Å². The molecule has 3 N–H and O–H groups in total. The first-order chi connectivity index (χ1) is 9.22. The zero-order valence-electron chi connectivity index (χ0n) is 10.6. The van der Waals surface area contributed by atoms with Gasteiger partial charge in [0.2, 0.25) is 0 Å². The lowest BCUT2D eigenvalue weighted by molar-refractivity contribution is 0.321. The van der Waals surface area contributed by atoms with Gasteiger partial charge in [-0.15, -0.1) is 0 Å². The zero-order chi connectivity index (χ0) is 13.7. The predicted molar refractivity (Wildman–Crippen MR) is 70.8 cm³/mol. The minimum absolute atomic E-state index is 0.235. The van der Waals surface area contributed by atoms with Crippen LogP contribution in [0, 0.1) is 5.82 Å². The van der Waals surface area contributed by atoms with Gasteiger partial charge in [0.05, 0.1) is 13.2 Å². The van der Waals surface area contributed by atoms with Gasteiger partial charge in [-0.25, -0.2) is 14.4 Å². The lowest BCUT2D eigenvalue weighted by atomic mass is 10.3. The second-order valence-corrected chi connectivity index (χ2v) is 3.77. The molecule has 0 radical (unpaired) electrons. The second kappa shape index (κ2) is 6.10. The third-order valence-electron chi connectivity index (χ3n) is 2.39. The fourth-order valence-corrected chi connectivity index (χ4v) is 1.57. The summed E-state index contributed by atoms with van der Waals surface area (Å²) in [6.45, 7) is 2.49. The standard InChI is InChI=1S/C13H15FN4O/c1-2-19-11-4-3-9(7-10(11)14)17-12-5-6-16-13(8-15)18-12/h3-7H,2,8,15H2,1H3,(H,16,17,18). The Hall–Kier alpha value is -2.21. The number of aromatic nitrogens is 2. The highest BCUT2D eigenvalue weighted by molar-refractivity contribution is 5.57. The van der Waals surface area contributed by atoms with Crippen molar-refractivity contribution in [3.8, 4) is 5.75 Å². The van der Waals surface area contributed by atoms with Gasteiger partial charge in [-0.1, -0.05) is 0 Å². The second-order valence-electron chi connectivity index (χ2n) is 3.77. The van der Waals surface area contributed by atoms with Crippen molar-refractivity contribution in [2.45, 2.75) is 13.5 Å². The molecule has 0 saturated carbocycles. The Labute approximate surface area is 110 Å². The van der Waals surface area contributed by atoms with Gasteiger partial charge in [0.1, 0.15) is 11.6 Å². The summed E-state index contributed by atoms with van der Waals surface area (Å²) in [5.74, 6) is 0.911. The molecule has 0 amide bonds. The van der Waals surface area contributed by atoms with Crippen molar-refractivity contribution in [3.63, 3.8) is 0 Å². The van der Waals surface area contributed by atoms with Crippen molar-refractivity contribution in [2.24, 2.45) is 5.73 Å². The average Bonchev–Trinajstić information content (AvgIpc) is 2.42. The Kier molecular flexibility index (Phi) is 4.25. The van der Waals surface area contributed by atoms with Gasteiger partial charge in [-0.05, 0) is 25.1 Å². The molecule has 5 nitrogen and oxygen atoms in total. The van der Waals surface area contributed by atoms with E-state index in [0.29, 0.717) is 23.9 Å². The van der Waals surface area contributed by atoms with E-state index in [4.69, 9.17) is 10.5 Å². The van der Waals surface area contributed by atoms with E-state index in [0.717, 1.165) is 0 Å². The number of nitrogens with two attached hydrogens (primary N) is 1. The summed E-state index contributed by atoms with van der Waals surface area (Å²) < 4.78 is 18.8. The maximum Gasteiger partial charge on any atom is 0.167 e. The number of anilines is 2. The topological polar surface area (TPSA) is 73.1 Å². The van der Waals surface area contributed by atoms with Crippen molar-refractivity contribution >= 4 is 11.5 Å². The molecule has 0 bridgehead atoms. The normalized spacial score (nSPS) is 10.3. The molecule has 19 heavy (non-hydrogen) atoms. The van der Waals surface area contributed by atoms with Gasteiger partial charge in [0.15, 0.2) is 11.6 Å². The first-order valence-electron chi connectivity index (χ1n) is 5.94. The van der Waals surface area contributed by atoms with E-state index in [9.17, 15) is 4.39 Å². The number of ether oxygens (including phenoxy) is 1. The van der Waals surface area contributed by atoms with Crippen molar-refractivity contribution in [3.05, 3.63) is 42.1 Å². The number of hydrogen-bond donors (Lipinski definition) is 2. The van der Waals surface area contributed by atoms with Gasteiger partial charge in [-0.2, -0.15) is 0 Å². The molecular formula is C13H15FN4O. The van der Waals surface area contributed by atoms with Gasteiger partial charge >= 0.3 is 0 Å². The van der Waals surface area contributed by atoms with Crippen LogP contribution < -0.4 is 15.8 Å². The van der Waals surface area contributed by atoms with E-state index in [1.165, 1.54) is 6.07 Å². The highest BCUT2D eigenvalue weighted by Crippen LogP contribution is 2.23. The lowest BCUT2D eigenvalue weighted by Gasteiger charge is -2.09. The molecule has 1 heterocycles. The number of rotatable bonds is 5. The molecule has 6 heteroatoms. The maximum atomic E-state index is 13.7. The number of benzene rings is 1. The molecule has 0 spiro atoms. The van der Waals surface area contributed by atoms with Gasteiger partial charge in [0.25, 0.3) is 0 Å². The SMILES string of the molecule is CCOc1ccc(Nc2ccnc(CN)n2)cc1F. The Morgan fingerprint density at radius 3 is 2.89 bits per heavy atom. The van der Waals surface area contributed by atoms with Gasteiger partial charge in [0, 0.05) is 18.0 Å². The first-order valence-corrected chi connectivity index (χ1v) is 5.94. The smallest absolute Gasteiger partial charge is 0.167 e. The number of halogens is 1. The Morgan fingerprint density at radius 2 is 2.21 bits per heavy atom. The summed E-state index contributed by atoms with van der Waals surface area (Å²) in [4.78, 5) is 8.16. The summed E-state index contributed by atoms with van der Waals surface area (Å²) in [7, 11) is 0. The van der Waals surface area contributed by atoms with E-state index in [1.807, 2.05) is 0 Å². The van der Waals surface area contributed by atoms with Crippen LogP contribution in [0.5, 0.6) is 5.75 Å². The zero-order valence-corrected chi connectivity index (χ0v) is 10.6. The number of nitrogens with one attached hydrogen (secondary N) is 1. The summed E-state index contributed by atoms with van der Waals surface area (Å²) in [6.07, 6.45) is 1.60. The van der Waals surface area contributed by atoms with Crippen molar-refractivity contribution in [2.75, 3.05) is 11.9 Å². The van der Waals surface area contributed by atoms with E-state index < -0.39 is 5.82 Å². The Balaban J connectivity index is 2.16. The summed E-state index contributed by atoms with van der Waals surface area (Å²) in [5, 5.41) is 2.99. The Morgan fingerprint density at radius 1 is 1.37 bits per heavy atom. The molecule has 0 atom stereocenters. The fraction of sp³-hybridized carbons (Fsp3) is 0.231. The largest absolute Gasteiger partial charge is 0.491 e. The molecule has 100 valence electrons. The number of nitrogens with zero attached hydrogens (tertiary/aromatic N) is 2. The van der Waals surface area contributed by atoms with E-state index in [-0.39, 0.29) is 12.3 Å². The van der Waals surface area contributed by atoms with E-state index in [2.05, 4.69) is 15.3 Å². The molecule has 1 aromatic heterocycles. The van der Waals surface area contributed by atoms with Crippen LogP contribution in [0.2, 0.25) is 0 Å². The highest BCUT2D eigenvalue weighted by atomic mass is 19.1. The number of hydrogen-bond acceptors (Lipinski definition) is 5. The minimum atomic E-state index is -0.417. The van der Waals surface area contributed by atoms with Crippen LogP contribution in [0.25, 0.3) is 0 Å². The molecule has 2 rings (SSSR count). The fourth-order valence-electron chi connectivity index (χ4n) is 1.57. The van der Waals surface area contributed by atoms with Crippen LogP contribution in [-0.2, 0) is 6.54 Å². The monoisotopic (exact) mass is 262 g/mol. The molecule has 0 aliphatic heterocycles. The Bertz CT molecular complexity index is 562.